The van der Waals surface area contributed by atoms with Gasteiger partial charge in [-0.05, 0) is 35.9 Å². The van der Waals surface area contributed by atoms with Crippen LogP contribution in [0.3, 0.4) is 0 Å². The number of hydrogen-bond donors (Lipinski definition) is 1. The molecule has 1 saturated heterocycles. The zero-order valence-electron chi connectivity index (χ0n) is 15.0. The highest BCUT2D eigenvalue weighted by Gasteiger charge is 2.31. The number of halogens is 4. The van der Waals surface area contributed by atoms with Crippen LogP contribution in [0.5, 0.6) is 0 Å². The third kappa shape index (κ3) is 5.08. The van der Waals surface area contributed by atoms with Gasteiger partial charge in [-0.25, -0.2) is 4.39 Å². The standard InChI is InChI=1S/C20H20F4N2O2/c21-17-6-4-14(5-7-17)18(26-8-10-28-11-9-26)13-25-19(27)15-2-1-3-16(12-15)20(22,23)24/h1-7,12,18H,8-11,13H2,(H,25,27). The molecule has 3 rings (SSSR count). The quantitative estimate of drug-likeness (QED) is 0.785. The van der Waals surface area contributed by atoms with Crippen LogP contribution < -0.4 is 5.32 Å². The van der Waals surface area contributed by atoms with Gasteiger partial charge in [-0.1, -0.05) is 18.2 Å². The third-order valence-corrected chi connectivity index (χ3v) is 4.65. The SMILES string of the molecule is O=C(NCC(c1ccc(F)cc1)N1CCOCC1)c1cccc(C(F)(F)F)c1. The van der Waals surface area contributed by atoms with E-state index in [1.54, 1.807) is 12.1 Å². The molecule has 1 fully saturated rings. The summed E-state index contributed by atoms with van der Waals surface area (Å²) in [5.41, 5.74) is -0.120. The molecule has 150 valence electrons. The Morgan fingerprint density at radius 3 is 2.43 bits per heavy atom. The van der Waals surface area contributed by atoms with Gasteiger partial charge in [-0.3, -0.25) is 9.69 Å². The van der Waals surface area contributed by atoms with Crippen LogP contribution in [0.1, 0.15) is 27.5 Å². The Morgan fingerprint density at radius 1 is 1.11 bits per heavy atom. The molecule has 28 heavy (non-hydrogen) atoms. The summed E-state index contributed by atoms with van der Waals surface area (Å²) in [5, 5.41) is 2.71. The lowest BCUT2D eigenvalue weighted by Gasteiger charge is -2.35. The molecule has 1 N–H and O–H groups in total. The average Bonchev–Trinajstić information content (AvgIpc) is 2.69. The first-order chi connectivity index (χ1) is 13.3. The number of amides is 1. The van der Waals surface area contributed by atoms with E-state index in [0.29, 0.717) is 26.3 Å². The topological polar surface area (TPSA) is 41.6 Å². The van der Waals surface area contributed by atoms with Gasteiger partial charge in [-0.15, -0.1) is 0 Å². The molecule has 0 aromatic heterocycles. The van der Waals surface area contributed by atoms with E-state index in [0.717, 1.165) is 17.7 Å². The van der Waals surface area contributed by atoms with Gasteiger partial charge in [0.15, 0.2) is 0 Å². The second kappa shape index (κ2) is 8.70. The van der Waals surface area contributed by atoms with Crippen LogP contribution >= 0.6 is 0 Å². The molecule has 0 bridgehead atoms. The monoisotopic (exact) mass is 396 g/mol. The highest BCUT2D eigenvalue weighted by atomic mass is 19.4. The average molecular weight is 396 g/mol. The number of hydrogen-bond acceptors (Lipinski definition) is 3. The fourth-order valence-electron chi connectivity index (χ4n) is 3.16. The molecule has 0 aliphatic carbocycles. The smallest absolute Gasteiger partial charge is 0.379 e. The maximum absolute atomic E-state index is 13.3. The Kier molecular flexibility index (Phi) is 6.31. The van der Waals surface area contributed by atoms with Gasteiger partial charge in [0.1, 0.15) is 5.82 Å². The molecule has 1 atom stereocenters. The van der Waals surface area contributed by atoms with Crippen LogP contribution in [0, 0.1) is 5.82 Å². The fourth-order valence-corrected chi connectivity index (χ4v) is 3.16. The van der Waals surface area contributed by atoms with Crippen molar-refractivity contribution < 1.29 is 27.1 Å². The van der Waals surface area contributed by atoms with E-state index in [-0.39, 0.29) is 24.0 Å². The number of alkyl halides is 3. The van der Waals surface area contributed by atoms with Gasteiger partial charge < -0.3 is 10.1 Å². The number of carbonyl (C=O) groups is 1. The highest BCUT2D eigenvalue weighted by molar-refractivity contribution is 5.94. The molecule has 1 aliphatic rings. The molecule has 8 heteroatoms. The molecule has 1 unspecified atom stereocenters. The highest BCUT2D eigenvalue weighted by Crippen LogP contribution is 2.29. The summed E-state index contributed by atoms with van der Waals surface area (Å²) in [6, 6.07) is 10.0. The first-order valence-electron chi connectivity index (χ1n) is 8.87. The van der Waals surface area contributed by atoms with Crippen molar-refractivity contribution in [2.24, 2.45) is 0 Å². The van der Waals surface area contributed by atoms with Crippen molar-refractivity contribution in [3.8, 4) is 0 Å². The van der Waals surface area contributed by atoms with E-state index in [9.17, 15) is 22.4 Å². The van der Waals surface area contributed by atoms with Gasteiger partial charge in [0.2, 0.25) is 0 Å². The van der Waals surface area contributed by atoms with Crippen molar-refractivity contribution in [2.75, 3.05) is 32.8 Å². The number of morpholine rings is 1. The second-order valence-electron chi connectivity index (χ2n) is 6.50. The first kappa shape index (κ1) is 20.3. The third-order valence-electron chi connectivity index (χ3n) is 4.65. The number of nitrogens with zero attached hydrogens (tertiary/aromatic N) is 1. The summed E-state index contributed by atoms with van der Waals surface area (Å²) in [6.07, 6.45) is -4.51. The van der Waals surface area contributed by atoms with Crippen molar-refractivity contribution in [3.05, 3.63) is 71.0 Å². The number of rotatable bonds is 5. The molecule has 1 amide bonds. The van der Waals surface area contributed by atoms with E-state index in [2.05, 4.69) is 10.2 Å². The van der Waals surface area contributed by atoms with E-state index in [4.69, 9.17) is 4.74 Å². The normalized spacial score (nSPS) is 16.6. The van der Waals surface area contributed by atoms with Gasteiger partial charge in [-0.2, -0.15) is 13.2 Å². The molecule has 0 saturated carbocycles. The summed E-state index contributed by atoms with van der Waals surface area (Å²) < 4.78 is 57.2. The van der Waals surface area contributed by atoms with Crippen molar-refractivity contribution in [1.82, 2.24) is 10.2 Å². The van der Waals surface area contributed by atoms with E-state index >= 15 is 0 Å². The number of ether oxygens (including phenoxy) is 1. The largest absolute Gasteiger partial charge is 0.416 e. The van der Waals surface area contributed by atoms with Crippen LogP contribution in [0.2, 0.25) is 0 Å². The Morgan fingerprint density at radius 2 is 1.79 bits per heavy atom. The first-order valence-corrected chi connectivity index (χ1v) is 8.87. The summed E-state index contributed by atoms with van der Waals surface area (Å²) in [7, 11) is 0. The summed E-state index contributed by atoms with van der Waals surface area (Å²) >= 11 is 0. The lowest BCUT2D eigenvalue weighted by Crippen LogP contribution is -2.43. The van der Waals surface area contributed by atoms with Crippen molar-refractivity contribution in [3.63, 3.8) is 0 Å². The molecule has 4 nitrogen and oxygen atoms in total. The van der Waals surface area contributed by atoms with Crippen LogP contribution in [-0.4, -0.2) is 43.7 Å². The minimum atomic E-state index is -4.51. The molecular weight excluding hydrogens is 376 g/mol. The van der Waals surface area contributed by atoms with Gasteiger partial charge in [0, 0.05) is 25.2 Å². The van der Waals surface area contributed by atoms with Crippen LogP contribution in [-0.2, 0) is 10.9 Å². The van der Waals surface area contributed by atoms with E-state index in [1.807, 2.05) is 0 Å². The maximum atomic E-state index is 13.3. The minimum absolute atomic E-state index is 0.0605. The predicted molar refractivity (Wildman–Crippen MR) is 95.3 cm³/mol. The molecule has 1 aliphatic heterocycles. The Balaban J connectivity index is 1.74. The Bertz CT molecular complexity index is 803. The van der Waals surface area contributed by atoms with Crippen molar-refractivity contribution in [1.29, 1.82) is 0 Å². The second-order valence-corrected chi connectivity index (χ2v) is 6.50. The number of benzene rings is 2. The van der Waals surface area contributed by atoms with Gasteiger partial charge in [0.05, 0.1) is 24.8 Å². The maximum Gasteiger partial charge on any atom is 0.416 e. The van der Waals surface area contributed by atoms with Crippen molar-refractivity contribution in [2.45, 2.75) is 12.2 Å². The lowest BCUT2D eigenvalue weighted by molar-refractivity contribution is -0.137. The molecule has 1 heterocycles. The molecule has 0 spiro atoms. The Labute approximate surface area is 160 Å². The summed E-state index contributed by atoms with van der Waals surface area (Å²) in [6.45, 7) is 2.54. The van der Waals surface area contributed by atoms with Gasteiger partial charge >= 0.3 is 6.18 Å². The van der Waals surface area contributed by atoms with Crippen molar-refractivity contribution >= 4 is 5.91 Å². The zero-order chi connectivity index (χ0) is 20.1. The van der Waals surface area contributed by atoms with Crippen LogP contribution in [0.4, 0.5) is 17.6 Å². The minimum Gasteiger partial charge on any atom is -0.379 e. The molecular formula is C20H20F4N2O2. The zero-order valence-corrected chi connectivity index (χ0v) is 15.0. The van der Waals surface area contributed by atoms with Crippen LogP contribution in [0.15, 0.2) is 48.5 Å². The fraction of sp³-hybridized carbons (Fsp3) is 0.350. The van der Waals surface area contributed by atoms with E-state index < -0.39 is 17.6 Å². The predicted octanol–water partition coefficient (Wildman–Crippen LogP) is 3.65. The molecule has 0 radical (unpaired) electrons. The Hall–Kier alpha value is -2.45. The van der Waals surface area contributed by atoms with Gasteiger partial charge in [0.25, 0.3) is 5.91 Å². The molecule has 2 aromatic rings. The number of nitrogens with one attached hydrogen (secondary N) is 1. The van der Waals surface area contributed by atoms with E-state index in [1.165, 1.54) is 24.3 Å². The van der Waals surface area contributed by atoms with Crippen LogP contribution in [0.25, 0.3) is 0 Å². The number of carbonyl (C=O) groups excluding carboxylic acids is 1. The molecule has 2 aromatic carbocycles. The lowest BCUT2D eigenvalue weighted by atomic mass is 10.0. The summed E-state index contributed by atoms with van der Waals surface area (Å²) in [5.74, 6) is -0.955. The summed E-state index contributed by atoms with van der Waals surface area (Å²) in [4.78, 5) is 14.5.